The summed E-state index contributed by atoms with van der Waals surface area (Å²) in [6, 6.07) is 10.1. The summed E-state index contributed by atoms with van der Waals surface area (Å²) < 4.78 is 0. The molecule has 5 nitrogen and oxygen atoms in total. The summed E-state index contributed by atoms with van der Waals surface area (Å²) >= 11 is 1.40. The number of hydrogen-bond donors (Lipinski definition) is 1. The van der Waals surface area contributed by atoms with E-state index in [1.165, 1.54) is 24.2 Å². The Morgan fingerprint density at radius 2 is 2.04 bits per heavy atom. The van der Waals surface area contributed by atoms with Gasteiger partial charge in [0.05, 0.1) is 16.5 Å². The fourth-order valence-electron chi connectivity index (χ4n) is 3.98. The van der Waals surface area contributed by atoms with E-state index in [4.69, 9.17) is 5.26 Å². The molecule has 0 spiro atoms. The quantitative estimate of drug-likeness (QED) is 0.922. The molecule has 2 aromatic rings. The minimum absolute atomic E-state index is 0.0736. The predicted molar refractivity (Wildman–Crippen MR) is 97.3 cm³/mol. The molecule has 2 atom stereocenters. The Kier molecular flexibility index (Phi) is 4.28. The summed E-state index contributed by atoms with van der Waals surface area (Å²) in [5, 5.41) is 12.6. The number of hydrogen-bond acceptors (Lipinski definition) is 5. The van der Waals surface area contributed by atoms with E-state index in [0.717, 1.165) is 23.5 Å². The van der Waals surface area contributed by atoms with Gasteiger partial charge in [0, 0.05) is 18.3 Å². The summed E-state index contributed by atoms with van der Waals surface area (Å²) in [5.74, 6) is 0.511. The van der Waals surface area contributed by atoms with Gasteiger partial charge in [-0.05, 0) is 56.5 Å². The van der Waals surface area contributed by atoms with Crippen LogP contribution in [0.5, 0.6) is 0 Å². The molecule has 2 unspecified atom stereocenters. The number of carbonyl (C=O) groups excluding carboxylic acids is 1. The zero-order valence-electron chi connectivity index (χ0n) is 14.1. The molecule has 1 amide bonds. The molecule has 128 valence electrons. The first kappa shape index (κ1) is 16.2. The van der Waals surface area contributed by atoms with Crippen molar-refractivity contribution >= 4 is 17.2 Å². The molecule has 25 heavy (non-hydrogen) atoms. The number of thiazole rings is 1. The number of nitrogens with zero attached hydrogens (tertiary/aromatic N) is 3. The van der Waals surface area contributed by atoms with E-state index in [0.29, 0.717) is 22.5 Å². The van der Waals surface area contributed by atoms with Crippen LogP contribution in [0.15, 0.2) is 30.5 Å². The Bertz CT molecular complexity index is 813. The molecule has 0 aliphatic carbocycles. The van der Waals surface area contributed by atoms with E-state index < -0.39 is 0 Å². The molecule has 6 heteroatoms. The maximum atomic E-state index is 12.7. The zero-order valence-corrected chi connectivity index (χ0v) is 14.9. The van der Waals surface area contributed by atoms with Crippen molar-refractivity contribution in [2.24, 2.45) is 5.92 Å². The van der Waals surface area contributed by atoms with E-state index in [2.05, 4.69) is 28.2 Å². The summed E-state index contributed by atoms with van der Waals surface area (Å²) in [4.78, 5) is 20.4. The highest BCUT2D eigenvalue weighted by molar-refractivity contribution is 7.16. The summed E-state index contributed by atoms with van der Waals surface area (Å²) in [5.41, 5.74) is 1.61. The second kappa shape index (κ2) is 6.58. The maximum Gasteiger partial charge on any atom is 0.280 e. The van der Waals surface area contributed by atoms with Gasteiger partial charge in [0.15, 0.2) is 5.01 Å². The first-order valence-electron chi connectivity index (χ1n) is 8.67. The normalized spacial score (nSPS) is 27.7. The van der Waals surface area contributed by atoms with Gasteiger partial charge in [-0.2, -0.15) is 5.26 Å². The number of aromatic nitrogens is 1. The minimum atomic E-state index is -0.0736. The van der Waals surface area contributed by atoms with Gasteiger partial charge < -0.3 is 5.32 Å². The lowest BCUT2D eigenvalue weighted by molar-refractivity contribution is 0.0217. The fourth-order valence-corrected chi connectivity index (χ4v) is 4.80. The summed E-state index contributed by atoms with van der Waals surface area (Å²) in [6.45, 7) is 4.51. The van der Waals surface area contributed by atoms with Crippen LogP contribution in [0, 0.1) is 17.2 Å². The third-order valence-corrected chi connectivity index (χ3v) is 6.52. The van der Waals surface area contributed by atoms with E-state index in [1.54, 1.807) is 18.3 Å². The maximum absolute atomic E-state index is 12.7. The molecule has 1 aromatic heterocycles. The molecule has 5 rings (SSSR count). The SMILES string of the molecule is CC1C(NC(=O)c2ncc(-c3ccc(C#N)cc3)s2)C2CCN1CC2. The number of nitrogens with one attached hydrogen (secondary N) is 1. The molecule has 2 bridgehead atoms. The van der Waals surface area contributed by atoms with Crippen molar-refractivity contribution in [3.63, 3.8) is 0 Å². The molecule has 0 radical (unpaired) electrons. The molecule has 3 aliphatic heterocycles. The Labute approximate surface area is 151 Å². The smallest absolute Gasteiger partial charge is 0.280 e. The molecule has 3 saturated heterocycles. The van der Waals surface area contributed by atoms with Crippen molar-refractivity contribution in [1.29, 1.82) is 5.26 Å². The summed E-state index contributed by atoms with van der Waals surface area (Å²) in [6.07, 6.45) is 4.08. The van der Waals surface area contributed by atoms with Gasteiger partial charge in [0.2, 0.25) is 0 Å². The van der Waals surface area contributed by atoms with Crippen LogP contribution in [0.1, 0.15) is 35.1 Å². The first-order chi connectivity index (χ1) is 12.2. The Balaban J connectivity index is 1.48. The van der Waals surface area contributed by atoms with Crippen molar-refractivity contribution < 1.29 is 4.79 Å². The minimum Gasteiger partial charge on any atom is -0.345 e. The third-order valence-electron chi connectivity index (χ3n) is 5.47. The number of piperidine rings is 3. The zero-order chi connectivity index (χ0) is 17.4. The topological polar surface area (TPSA) is 69.0 Å². The number of benzene rings is 1. The van der Waals surface area contributed by atoms with E-state index >= 15 is 0 Å². The lowest BCUT2D eigenvalue weighted by atomic mass is 9.79. The molecule has 0 saturated carbocycles. The molecule has 3 aliphatic rings. The predicted octanol–water partition coefficient (Wildman–Crippen LogP) is 2.89. The largest absolute Gasteiger partial charge is 0.345 e. The average molecular weight is 352 g/mol. The second-order valence-corrected chi connectivity index (χ2v) is 7.86. The highest BCUT2D eigenvalue weighted by atomic mass is 32.1. The molecule has 4 heterocycles. The van der Waals surface area contributed by atoms with Crippen LogP contribution in [0.4, 0.5) is 0 Å². The molecular weight excluding hydrogens is 332 g/mol. The van der Waals surface area contributed by atoms with Crippen LogP contribution in [-0.2, 0) is 0 Å². The van der Waals surface area contributed by atoms with Gasteiger partial charge >= 0.3 is 0 Å². The Hall–Kier alpha value is -2.23. The standard InChI is InChI=1S/C19H20N4OS/c1-12-17(15-6-8-23(12)9-7-15)22-18(24)19-21-11-16(25-19)14-4-2-13(10-20)3-5-14/h2-5,11-12,15,17H,6-9H2,1H3,(H,22,24). The van der Waals surface area contributed by atoms with E-state index in [9.17, 15) is 4.79 Å². The Morgan fingerprint density at radius 3 is 2.68 bits per heavy atom. The van der Waals surface area contributed by atoms with Crippen molar-refractivity contribution in [2.75, 3.05) is 13.1 Å². The van der Waals surface area contributed by atoms with Crippen LogP contribution in [-0.4, -0.2) is 41.0 Å². The lowest BCUT2D eigenvalue weighted by Crippen LogP contribution is -2.62. The fraction of sp³-hybridized carbons (Fsp3) is 0.421. The first-order valence-corrected chi connectivity index (χ1v) is 9.48. The van der Waals surface area contributed by atoms with Gasteiger partial charge in [-0.1, -0.05) is 12.1 Å². The molecule has 3 fully saturated rings. The third kappa shape index (κ3) is 3.06. The number of amides is 1. The van der Waals surface area contributed by atoms with Crippen molar-refractivity contribution in [3.8, 4) is 16.5 Å². The van der Waals surface area contributed by atoms with Gasteiger partial charge in [-0.3, -0.25) is 9.69 Å². The van der Waals surface area contributed by atoms with Gasteiger partial charge in [0.25, 0.3) is 5.91 Å². The molecule has 1 N–H and O–H groups in total. The molecule has 1 aromatic carbocycles. The monoisotopic (exact) mass is 352 g/mol. The average Bonchev–Trinajstić information content (AvgIpc) is 3.15. The van der Waals surface area contributed by atoms with Gasteiger partial charge in [-0.25, -0.2) is 4.98 Å². The highest BCUT2D eigenvalue weighted by Gasteiger charge is 2.40. The number of fused-ring (bicyclic) bond motifs is 3. The van der Waals surface area contributed by atoms with Crippen LogP contribution >= 0.6 is 11.3 Å². The van der Waals surface area contributed by atoms with E-state index in [1.807, 2.05) is 12.1 Å². The second-order valence-electron chi connectivity index (χ2n) is 6.83. The highest BCUT2D eigenvalue weighted by Crippen LogP contribution is 2.33. The van der Waals surface area contributed by atoms with Gasteiger partial charge in [-0.15, -0.1) is 11.3 Å². The van der Waals surface area contributed by atoms with Crippen molar-refractivity contribution in [3.05, 3.63) is 41.0 Å². The summed E-state index contributed by atoms with van der Waals surface area (Å²) in [7, 11) is 0. The van der Waals surface area contributed by atoms with E-state index in [-0.39, 0.29) is 11.9 Å². The van der Waals surface area contributed by atoms with Crippen molar-refractivity contribution in [2.45, 2.75) is 31.8 Å². The Morgan fingerprint density at radius 1 is 1.32 bits per heavy atom. The van der Waals surface area contributed by atoms with Gasteiger partial charge in [0.1, 0.15) is 0 Å². The number of rotatable bonds is 3. The molecular formula is C19H20N4OS. The number of nitriles is 1. The number of carbonyl (C=O) groups is 1. The van der Waals surface area contributed by atoms with Crippen LogP contribution in [0.25, 0.3) is 10.4 Å². The van der Waals surface area contributed by atoms with Crippen LogP contribution in [0.2, 0.25) is 0 Å². The van der Waals surface area contributed by atoms with Crippen LogP contribution in [0.3, 0.4) is 0 Å². The van der Waals surface area contributed by atoms with Crippen molar-refractivity contribution in [1.82, 2.24) is 15.2 Å². The van der Waals surface area contributed by atoms with Crippen LogP contribution < -0.4 is 5.32 Å². The lowest BCUT2D eigenvalue weighted by Gasteiger charge is -2.49.